The van der Waals surface area contributed by atoms with Crippen LogP contribution in [0.15, 0.2) is 24.3 Å². The molecule has 0 saturated heterocycles. The smallest absolute Gasteiger partial charge is 0.416 e. The fourth-order valence-electron chi connectivity index (χ4n) is 7.30. The lowest BCUT2D eigenvalue weighted by Crippen LogP contribution is -2.50. The highest BCUT2D eigenvalue weighted by atomic mass is 19.4. The zero-order chi connectivity index (χ0) is 24.3. The van der Waals surface area contributed by atoms with Crippen LogP contribution in [-0.4, -0.2) is 35.1 Å². The van der Waals surface area contributed by atoms with E-state index < -0.39 is 17.7 Å². The second-order valence-corrected chi connectivity index (χ2v) is 11.4. The van der Waals surface area contributed by atoms with E-state index in [9.17, 15) is 23.1 Å². The Kier molecular flexibility index (Phi) is 8.27. The lowest BCUT2D eigenvalue weighted by molar-refractivity contribution is -0.139. The molecule has 0 heterocycles. The third-order valence-corrected chi connectivity index (χ3v) is 8.77. The first-order valence-electron chi connectivity index (χ1n) is 13.3. The van der Waals surface area contributed by atoms with E-state index in [2.05, 4.69) is 11.8 Å². The van der Waals surface area contributed by atoms with E-state index in [4.69, 9.17) is 0 Å². The van der Waals surface area contributed by atoms with Crippen molar-refractivity contribution in [2.24, 2.45) is 23.7 Å². The Hall–Kier alpha value is -1.56. The number of carboxylic acid groups (broad SMARTS) is 1. The number of halogens is 3. The quantitative estimate of drug-likeness (QED) is 0.423. The first-order valence-corrected chi connectivity index (χ1v) is 13.3. The van der Waals surface area contributed by atoms with Gasteiger partial charge in [-0.1, -0.05) is 44.7 Å². The third-order valence-electron chi connectivity index (χ3n) is 8.77. The van der Waals surface area contributed by atoms with E-state index in [1.54, 1.807) is 12.1 Å². The monoisotopic (exact) mass is 479 g/mol. The maximum atomic E-state index is 13.2. The summed E-state index contributed by atoms with van der Waals surface area (Å²) in [5, 5.41) is 9.45. The van der Waals surface area contributed by atoms with Gasteiger partial charge < -0.3 is 5.11 Å². The number of alkyl halides is 3. The van der Waals surface area contributed by atoms with Crippen molar-refractivity contribution in [1.29, 1.82) is 0 Å². The molecule has 0 radical (unpaired) electrons. The van der Waals surface area contributed by atoms with Crippen LogP contribution in [0.4, 0.5) is 13.2 Å². The van der Waals surface area contributed by atoms with Crippen LogP contribution < -0.4 is 0 Å². The fraction of sp³-hybridized carbons (Fsp3) is 0.750. The van der Waals surface area contributed by atoms with Gasteiger partial charge in [-0.05, 0) is 85.8 Å². The second kappa shape index (κ2) is 11.0. The standard InChI is InChI=1S/C28H40F3NO2/c1-19-14-22(16-26(33)34)15-25(23-10-12-24(13-11-23)28(29,30)31)27(19)32(17-20-6-2-3-7-20)18-21-8-4-5-9-21/h10-13,19-22,25,27H,2-9,14-18H2,1H3,(H,33,34)/t19-,22+,25-,27+/m0/s1. The van der Waals surface area contributed by atoms with Gasteiger partial charge in [0.05, 0.1) is 5.56 Å². The molecule has 0 spiro atoms. The molecule has 1 N–H and O–H groups in total. The molecule has 34 heavy (non-hydrogen) atoms. The zero-order valence-electron chi connectivity index (χ0n) is 20.4. The number of carboxylic acids is 1. The van der Waals surface area contributed by atoms with Gasteiger partial charge in [0.25, 0.3) is 0 Å². The Bertz CT molecular complexity index is 779. The van der Waals surface area contributed by atoms with Crippen molar-refractivity contribution in [3.05, 3.63) is 35.4 Å². The molecule has 1 aromatic carbocycles. The average Bonchev–Trinajstić information content (AvgIpc) is 3.46. The highest BCUT2D eigenvalue weighted by Crippen LogP contribution is 2.45. The SMILES string of the molecule is C[C@H]1C[C@@H](CC(=O)O)C[C@@H](c2ccc(C(F)(F)F)cc2)[C@@H]1N(CC1CCCC1)CC1CCCC1. The lowest BCUT2D eigenvalue weighted by Gasteiger charge is -2.48. The number of nitrogens with zero attached hydrogens (tertiary/aromatic N) is 1. The van der Waals surface area contributed by atoms with Crippen molar-refractivity contribution >= 4 is 5.97 Å². The van der Waals surface area contributed by atoms with Crippen LogP contribution in [0.3, 0.4) is 0 Å². The van der Waals surface area contributed by atoms with Gasteiger partial charge in [-0.3, -0.25) is 9.69 Å². The van der Waals surface area contributed by atoms with E-state index in [0.29, 0.717) is 17.8 Å². The van der Waals surface area contributed by atoms with Gasteiger partial charge in [0, 0.05) is 25.6 Å². The van der Waals surface area contributed by atoms with Crippen LogP contribution >= 0.6 is 0 Å². The van der Waals surface area contributed by atoms with Gasteiger partial charge in [-0.2, -0.15) is 13.2 Å². The zero-order valence-corrected chi connectivity index (χ0v) is 20.4. The molecule has 0 aromatic heterocycles. The Morgan fingerprint density at radius 3 is 1.91 bits per heavy atom. The molecule has 0 unspecified atom stereocenters. The summed E-state index contributed by atoms with van der Waals surface area (Å²) in [6.45, 7) is 4.39. The maximum absolute atomic E-state index is 13.2. The first-order chi connectivity index (χ1) is 16.2. The van der Waals surface area contributed by atoms with Gasteiger partial charge in [-0.25, -0.2) is 0 Å². The summed E-state index contributed by atoms with van der Waals surface area (Å²) in [7, 11) is 0. The summed E-state index contributed by atoms with van der Waals surface area (Å²) in [4.78, 5) is 14.2. The summed E-state index contributed by atoms with van der Waals surface area (Å²) in [5.41, 5.74) is 0.315. The number of rotatable bonds is 8. The molecular weight excluding hydrogens is 439 g/mol. The predicted molar refractivity (Wildman–Crippen MR) is 128 cm³/mol. The number of benzene rings is 1. The molecule has 0 aliphatic heterocycles. The number of hydrogen-bond donors (Lipinski definition) is 1. The largest absolute Gasteiger partial charge is 0.481 e. The lowest BCUT2D eigenvalue weighted by atomic mass is 9.68. The molecule has 6 heteroatoms. The first kappa shape index (κ1) is 25.5. The molecule has 3 aliphatic rings. The van der Waals surface area contributed by atoms with Gasteiger partial charge in [0.15, 0.2) is 0 Å². The Morgan fingerprint density at radius 2 is 1.44 bits per heavy atom. The Labute approximate surface area is 202 Å². The topological polar surface area (TPSA) is 40.5 Å². The minimum absolute atomic E-state index is 0.0656. The van der Waals surface area contributed by atoms with Crippen LogP contribution in [0.2, 0.25) is 0 Å². The highest BCUT2D eigenvalue weighted by Gasteiger charge is 2.42. The normalized spacial score (nSPS) is 29.2. The number of aliphatic carboxylic acids is 1. The molecule has 0 amide bonds. The fourth-order valence-corrected chi connectivity index (χ4v) is 7.30. The van der Waals surface area contributed by atoms with Crippen LogP contribution in [0, 0.1) is 23.7 Å². The predicted octanol–water partition coefficient (Wildman–Crippen LogP) is 7.36. The minimum atomic E-state index is -4.35. The van der Waals surface area contributed by atoms with Crippen molar-refractivity contribution < 1.29 is 23.1 Å². The summed E-state index contributed by atoms with van der Waals surface area (Å²) < 4.78 is 39.6. The summed E-state index contributed by atoms with van der Waals surface area (Å²) in [5.74, 6) is 1.08. The summed E-state index contributed by atoms with van der Waals surface area (Å²) in [6.07, 6.45) is 7.68. The molecule has 1 aromatic rings. The Balaban J connectivity index is 1.63. The molecule has 190 valence electrons. The van der Waals surface area contributed by atoms with Crippen molar-refractivity contribution in [3.63, 3.8) is 0 Å². The molecule has 0 bridgehead atoms. The molecule has 3 saturated carbocycles. The van der Waals surface area contributed by atoms with Gasteiger partial charge >= 0.3 is 12.1 Å². The van der Waals surface area contributed by atoms with E-state index in [1.165, 1.54) is 63.5 Å². The third kappa shape index (κ3) is 6.35. The van der Waals surface area contributed by atoms with Gasteiger partial charge in [0.1, 0.15) is 0 Å². The molecule has 4 rings (SSSR count). The molecule has 4 atom stereocenters. The number of hydrogen-bond acceptors (Lipinski definition) is 2. The van der Waals surface area contributed by atoms with Gasteiger partial charge in [0.2, 0.25) is 0 Å². The van der Waals surface area contributed by atoms with E-state index in [0.717, 1.165) is 31.5 Å². The second-order valence-electron chi connectivity index (χ2n) is 11.4. The molecule has 3 fully saturated rings. The molecule has 3 nitrogen and oxygen atoms in total. The van der Waals surface area contributed by atoms with Crippen molar-refractivity contribution in [1.82, 2.24) is 4.90 Å². The maximum Gasteiger partial charge on any atom is 0.416 e. The average molecular weight is 480 g/mol. The summed E-state index contributed by atoms with van der Waals surface area (Å²) in [6, 6.07) is 5.97. The van der Waals surface area contributed by atoms with Crippen LogP contribution in [-0.2, 0) is 11.0 Å². The Morgan fingerprint density at radius 1 is 0.912 bits per heavy atom. The van der Waals surface area contributed by atoms with Crippen LogP contribution in [0.1, 0.15) is 94.6 Å². The van der Waals surface area contributed by atoms with Crippen LogP contribution in [0.5, 0.6) is 0 Å². The van der Waals surface area contributed by atoms with Crippen molar-refractivity contribution in [2.75, 3.05) is 13.1 Å². The van der Waals surface area contributed by atoms with Gasteiger partial charge in [-0.15, -0.1) is 0 Å². The molecular formula is C28H40F3NO2. The van der Waals surface area contributed by atoms with Crippen molar-refractivity contribution in [2.45, 2.75) is 95.7 Å². The van der Waals surface area contributed by atoms with Crippen molar-refractivity contribution in [3.8, 4) is 0 Å². The van der Waals surface area contributed by atoms with E-state index in [1.807, 2.05) is 0 Å². The van der Waals surface area contributed by atoms with E-state index in [-0.39, 0.29) is 24.3 Å². The number of carbonyl (C=O) groups is 1. The highest BCUT2D eigenvalue weighted by molar-refractivity contribution is 5.67. The van der Waals surface area contributed by atoms with Crippen LogP contribution in [0.25, 0.3) is 0 Å². The minimum Gasteiger partial charge on any atom is -0.481 e. The summed E-state index contributed by atoms with van der Waals surface area (Å²) >= 11 is 0. The molecule has 3 aliphatic carbocycles. The van der Waals surface area contributed by atoms with E-state index >= 15 is 0 Å².